The Morgan fingerprint density at radius 1 is 1.55 bits per heavy atom. The second-order valence-corrected chi connectivity index (χ2v) is 2.28. The molecule has 0 amide bonds. The highest BCUT2D eigenvalue weighted by Gasteiger charge is 1.85. The molecule has 62 valence electrons. The summed E-state index contributed by atoms with van der Waals surface area (Å²) in [4.78, 5) is 0. The number of methoxy groups -OCH3 is 1. The molecule has 0 aliphatic carbocycles. The van der Waals surface area contributed by atoms with Crippen LogP contribution in [0.3, 0.4) is 0 Å². The molecule has 0 aliphatic rings. The van der Waals surface area contributed by atoms with Crippen LogP contribution in [0, 0.1) is 5.41 Å². The molecule has 0 saturated heterocycles. The Morgan fingerprint density at radius 3 is 2.55 bits per heavy atom. The fourth-order valence-electron chi connectivity index (χ4n) is 0.634. The Hall–Kier alpha value is -1.05. The van der Waals surface area contributed by atoms with Crippen molar-refractivity contribution in [2.75, 3.05) is 7.11 Å². The average Bonchev–Trinajstić information content (AvgIpc) is 1.98. The van der Waals surface area contributed by atoms with Gasteiger partial charge in [-0.2, -0.15) is 0 Å². The molecule has 0 aromatic rings. The molecule has 0 spiro atoms. The van der Waals surface area contributed by atoms with Crippen molar-refractivity contribution in [3.05, 3.63) is 24.0 Å². The van der Waals surface area contributed by atoms with Crippen LogP contribution in [0.4, 0.5) is 0 Å². The van der Waals surface area contributed by atoms with Gasteiger partial charge in [0.15, 0.2) is 0 Å². The molecule has 0 aromatic carbocycles. The van der Waals surface area contributed by atoms with Gasteiger partial charge in [0.2, 0.25) is 0 Å². The number of ether oxygens (including phenoxy) is 1. The summed E-state index contributed by atoms with van der Waals surface area (Å²) in [7, 11) is 1.64. The summed E-state index contributed by atoms with van der Waals surface area (Å²) < 4.78 is 4.99. The smallest absolute Gasteiger partial charge is 0.114 e. The van der Waals surface area contributed by atoms with Crippen molar-refractivity contribution in [1.82, 2.24) is 0 Å². The van der Waals surface area contributed by atoms with Crippen molar-refractivity contribution >= 4 is 5.71 Å². The topological polar surface area (TPSA) is 33.1 Å². The average molecular weight is 153 g/mol. The van der Waals surface area contributed by atoms with E-state index in [1.165, 1.54) is 0 Å². The number of rotatable bonds is 4. The van der Waals surface area contributed by atoms with Gasteiger partial charge in [-0.05, 0) is 26.0 Å². The van der Waals surface area contributed by atoms with Crippen LogP contribution in [0.15, 0.2) is 24.0 Å². The minimum absolute atomic E-state index is 0.660. The molecule has 0 radical (unpaired) electrons. The van der Waals surface area contributed by atoms with Crippen molar-refractivity contribution in [1.29, 1.82) is 5.41 Å². The number of nitrogens with one attached hydrogen (secondary N) is 1. The zero-order valence-corrected chi connectivity index (χ0v) is 7.35. The molecule has 0 fully saturated rings. The molecule has 0 aromatic heterocycles. The highest BCUT2D eigenvalue weighted by atomic mass is 16.5. The second-order valence-electron chi connectivity index (χ2n) is 2.28. The van der Waals surface area contributed by atoms with Crippen molar-refractivity contribution in [3.63, 3.8) is 0 Å². The third kappa shape index (κ3) is 5.40. The van der Waals surface area contributed by atoms with Crippen molar-refractivity contribution in [2.24, 2.45) is 0 Å². The zero-order valence-electron chi connectivity index (χ0n) is 7.35. The molecule has 0 atom stereocenters. The van der Waals surface area contributed by atoms with Gasteiger partial charge in [-0.1, -0.05) is 6.08 Å². The maximum Gasteiger partial charge on any atom is 0.114 e. The Morgan fingerprint density at radius 2 is 2.18 bits per heavy atom. The molecule has 0 rings (SSSR count). The molecule has 1 N–H and O–H groups in total. The van der Waals surface area contributed by atoms with E-state index >= 15 is 0 Å². The lowest BCUT2D eigenvalue weighted by Gasteiger charge is -1.96. The first-order valence-corrected chi connectivity index (χ1v) is 3.61. The Bertz CT molecular complexity index is 180. The Labute approximate surface area is 68.1 Å². The highest BCUT2D eigenvalue weighted by molar-refractivity contribution is 5.79. The third-order valence-corrected chi connectivity index (χ3v) is 1.23. The van der Waals surface area contributed by atoms with E-state index in [-0.39, 0.29) is 0 Å². The fraction of sp³-hybridized carbons (Fsp3) is 0.444. The summed E-state index contributed by atoms with van der Waals surface area (Å²) >= 11 is 0. The Kier molecular flexibility index (Phi) is 5.17. The van der Waals surface area contributed by atoms with Gasteiger partial charge in [-0.25, -0.2) is 0 Å². The van der Waals surface area contributed by atoms with Crippen LogP contribution in [0.5, 0.6) is 0 Å². The highest BCUT2D eigenvalue weighted by Crippen LogP contribution is 1.97. The van der Waals surface area contributed by atoms with E-state index in [9.17, 15) is 0 Å². The zero-order chi connectivity index (χ0) is 8.69. The van der Waals surface area contributed by atoms with Gasteiger partial charge in [-0.15, -0.1) is 0 Å². The van der Waals surface area contributed by atoms with Crippen molar-refractivity contribution < 1.29 is 4.74 Å². The van der Waals surface area contributed by atoms with E-state index in [4.69, 9.17) is 10.1 Å². The molecular weight excluding hydrogens is 138 g/mol. The first-order chi connectivity index (χ1) is 5.20. The predicted molar refractivity (Wildman–Crippen MR) is 47.9 cm³/mol. The minimum Gasteiger partial charge on any atom is -0.497 e. The maximum atomic E-state index is 7.14. The first kappa shape index (κ1) is 9.95. The van der Waals surface area contributed by atoms with E-state index in [2.05, 4.69) is 0 Å². The largest absolute Gasteiger partial charge is 0.497 e. The summed E-state index contributed by atoms with van der Waals surface area (Å²) in [6.07, 6.45) is 6.37. The van der Waals surface area contributed by atoms with Gasteiger partial charge in [-0.3, -0.25) is 0 Å². The van der Waals surface area contributed by atoms with Gasteiger partial charge in [0, 0.05) is 12.1 Å². The normalized spacial score (nSPS) is 12.1. The third-order valence-electron chi connectivity index (χ3n) is 1.23. The van der Waals surface area contributed by atoms with Crippen LogP contribution in [-0.4, -0.2) is 12.8 Å². The lowest BCUT2D eigenvalue weighted by molar-refractivity contribution is 0.306. The number of hydrogen-bond donors (Lipinski definition) is 1. The van der Waals surface area contributed by atoms with E-state index in [0.29, 0.717) is 12.1 Å². The summed E-state index contributed by atoms with van der Waals surface area (Å²) in [6.45, 7) is 3.70. The monoisotopic (exact) mass is 153 g/mol. The van der Waals surface area contributed by atoms with Crippen molar-refractivity contribution in [2.45, 2.75) is 20.3 Å². The molecule has 2 heteroatoms. The Balaban J connectivity index is 3.81. The standard InChI is InChI=1S/C9H15NO/c1-4-9(11-3)7-5-6-8(2)10/h4-5,7,10H,6H2,1-3H3/b7-5-,9-4+,10-8?. The van der Waals surface area contributed by atoms with Gasteiger partial charge >= 0.3 is 0 Å². The van der Waals surface area contributed by atoms with E-state index in [0.717, 1.165) is 5.76 Å². The van der Waals surface area contributed by atoms with Crippen LogP contribution >= 0.6 is 0 Å². The summed E-state index contributed by atoms with van der Waals surface area (Å²) in [6, 6.07) is 0. The van der Waals surface area contributed by atoms with Crippen LogP contribution in [-0.2, 0) is 4.74 Å². The molecule has 0 saturated carbocycles. The SMILES string of the molecule is C/C=C(\C=C/CC(C)=N)OC. The molecule has 11 heavy (non-hydrogen) atoms. The van der Waals surface area contributed by atoms with Crippen LogP contribution in [0.2, 0.25) is 0 Å². The van der Waals surface area contributed by atoms with E-state index in [1.54, 1.807) is 14.0 Å². The summed E-state index contributed by atoms with van der Waals surface area (Å²) in [5.74, 6) is 0.839. The molecule has 0 bridgehead atoms. The summed E-state index contributed by atoms with van der Waals surface area (Å²) in [5.41, 5.74) is 0.660. The molecule has 2 nitrogen and oxygen atoms in total. The molecule has 0 unspecified atom stereocenters. The quantitative estimate of drug-likeness (QED) is 0.376. The first-order valence-electron chi connectivity index (χ1n) is 3.61. The lowest BCUT2D eigenvalue weighted by atomic mass is 10.2. The molecular formula is C9H15NO. The molecule has 0 heterocycles. The predicted octanol–water partition coefficient (Wildman–Crippen LogP) is 2.52. The van der Waals surface area contributed by atoms with Crippen molar-refractivity contribution in [3.8, 4) is 0 Å². The van der Waals surface area contributed by atoms with E-state index < -0.39 is 0 Å². The maximum absolute atomic E-state index is 7.14. The van der Waals surface area contributed by atoms with Gasteiger partial charge < -0.3 is 10.1 Å². The van der Waals surface area contributed by atoms with Crippen LogP contribution in [0.1, 0.15) is 20.3 Å². The summed E-state index contributed by atoms with van der Waals surface area (Å²) in [5, 5.41) is 7.14. The fourth-order valence-corrected chi connectivity index (χ4v) is 0.634. The number of hydrogen-bond acceptors (Lipinski definition) is 2. The van der Waals surface area contributed by atoms with Gasteiger partial charge in [0.25, 0.3) is 0 Å². The second kappa shape index (κ2) is 5.71. The van der Waals surface area contributed by atoms with Crippen LogP contribution in [0.25, 0.3) is 0 Å². The molecule has 0 aliphatic heterocycles. The van der Waals surface area contributed by atoms with Gasteiger partial charge in [0.1, 0.15) is 5.76 Å². The number of allylic oxidation sites excluding steroid dienone is 3. The van der Waals surface area contributed by atoms with E-state index in [1.807, 2.05) is 25.2 Å². The van der Waals surface area contributed by atoms with Crippen LogP contribution < -0.4 is 0 Å². The van der Waals surface area contributed by atoms with Gasteiger partial charge in [0.05, 0.1) is 7.11 Å². The lowest BCUT2D eigenvalue weighted by Crippen LogP contribution is -1.84. The minimum atomic E-state index is 0.660.